The second-order valence-electron chi connectivity index (χ2n) is 5.71. The molecule has 0 aromatic heterocycles. The molecule has 5 nitrogen and oxygen atoms in total. The van der Waals surface area contributed by atoms with Crippen LogP contribution in [-0.4, -0.2) is 30.3 Å². The number of benzene rings is 2. The molecule has 1 atom stereocenters. The van der Waals surface area contributed by atoms with E-state index in [1.54, 1.807) is 12.1 Å². The third-order valence-corrected chi connectivity index (χ3v) is 3.84. The average molecular weight is 357 g/mol. The van der Waals surface area contributed by atoms with Crippen molar-refractivity contribution in [1.82, 2.24) is 5.32 Å². The summed E-state index contributed by atoms with van der Waals surface area (Å²) in [6.07, 6.45) is -0.124. The van der Waals surface area contributed by atoms with Crippen molar-refractivity contribution < 1.29 is 23.5 Å². The molecule has 0 radical (unpaired) electrons. The molecular formula is C20H20FNO4. The SMILES string of the molecule is CCc1ccc(C(=O)[C@H](C)OC(=O)CNC(=O)c2ccccc2F)cc1. The molecule has 1 amide bonds. The molecule has 136 valence electrons. The Kier molecular flexibility index (Phi) is 6.60. The molecule has 0 saturated carbocycles. The van der Waals surface area contributed by atoms with Crippen molar-refractivity contribution in [2.45, 2.75) is 26.4 Å². The summed E-state index contributed by atoms with van der Waals surface area (Å²) in [6.45, 7) is 3.02. The minimum atomic E-state index is -0.986. The van der Waals surface area contributed by atoms with Crippen LogP contribution in [0, 0.1) is 5.82 Å². The highest BCUT2D eigenvalue weighted by atomic mass is 19.1. The molecule has 1 N–H and O–H groups in total. The predicted octanol–water partition coefficient (Wildman–Crippen LogP) is 2.93. The highest BCUT2D eigenvalue weighted by Crippen LogP contribution is 2.10. The molecule has 0 aliphatic carbocycles. The van der Waals surface area contributed by atoms with Crippen LogP contribution < -0.4 is 5.32 Å². The fourth-order valence-electron chi connectivity index (χ4n) is 2.32. The molecule has 0 aliphatic rings. The molecular weight excluding hydrogens is 337 g/mol. The van der Waals surface area contributed by atoms with Crippen molar-refractivity contribution in [2.24, 2.45) is 0 Å². The molecule has 0 aliphatic heterocycles. The van der Waals surface area contributed by atoms with Crippen LogP contribution in [0.15, 0.2) is 48.5 Å². The molecule has 0 spiro atoms. The zero-order valence-electron chi connectivity index (χ0n) is 14.6. The van der Waals surface area contributed by atoms with Gasteiger partial charge in [0.25, 0.3) is 5.91 Å². The Balaban J connectivity index is 1.87. The van der Waals surface area contributed by atoms with Crippen LogP contribution in [0.4, 0.5) is 4.39 Å². The standard InChI is InChI=1S/C20H20FNO4/c1-3-14-8-10-15(11-9-14)19(24)13(2)26-18(23)12-22-20(25)16-6-4-5-7-17(16)21/h4-11,13H,3,12H2,1-2H3,(H,22,25)/t13-/m0/s1. The zero-order chi connectivity index (χ0) is 19.1. The number of carbonyl (C=O) groups is 3. The third kappa shape index (κ3) is 4.99. The first-order valence-electron chi connectivity index (χ1n) is 8.27. The van der Waals surface area contributed by atoms with E-state index in [1.165, 1.54) is 25.1 Å². The van der Waals surface area contributed by atoms with Crippen molar-refractivity contribution in [3.63, 3.8) is 0 Å². The van der Waals surface area contributed by atoms with Crippen LogP contribution in [-0.2, 0) is 16.0 Å². The second kappa shape index (κ2) is 8.89. The van der Waals surface area contributed by atoms with Crippen LogP contribution in [0.5, 0.6) is 0 Å². The van der Waals surface area contributed by atoms with Gasteiger partial charge in [-0.1, -0.05) is 43.3 Å². The smallest absolute Gasteiger partial charge is 0.326 e. The summed E-state index contributed by atoms with van der Waals surface area (Å²) >= 11 is 0. The molecule has 0 saturated heterocycles. The van der Waals surface area contributed by atoms with Crippen LogP contribution >= 0.6 is 0 Å². The minimum Gasteiger partial charge on any atom is -0.453 e. The van der Waals surface area contributed by atoms with Gasteiger partial charge in [0.2, 0.25) is 5.78 Å². The summed E-state index contributed by atoms with van der Waals surface area (Å²) in [6, 6.07) is 12.5. The number of ketones is 1. The summed E-state index contributed by atoms with van der Waals surface area (Å²) in [4.78, 5) is 35.9. The van der Waals surface area contributed by atoms with Crippen molar-refractivity contribution in [1.29, 1.82) is 0 Å². The number of aryl methyl sites for hydroxylation is 1. The van der Waals surface area contributed by atoms with Gasteiger partial charge >= 0.3 is 5.97 Å². The maximum Gasteiger partial charge on any atom is 0.326 e. The highest BCUT2D eigenvalue weighted by molar-refractivity contribution is 6.00. The van der Waals surface area contributed by atoms with Gasteiger partial charge in [-0.25, -0.2) is 4.39 Å². The maximum atomic E-state index is 13.5. The van der Waals surface area contributed by atoms with Gasteiger partial charge in [-0.2, -0.15) is 0 Å². The number of rotatable bonds is 7. The van der Waals surface area contributed by atoms with E-state index in [0.29, 0.717) is 5.56 Å². The Bertz CT molecular complexity index is 802. The Morgan fingerprint density at radius 1 is 1.08 bits per heavy atom. The molecule has 0 fully saturated rings. The second-order valence-corrected chi connectivity index (χ2v) is 5.71. The predicted molar refractivity (Wildman–Crippen MR) is 94.4 cm³/mol. The normalized spacial score (nSPS) is 11.5. The lowest BCUT2D eigenvalue weighted by atomic mass is 10.0. The van der Waals surface area contributed by atoms with Crippen LogP contribution in [0.3, 0.4) is 0 Å². The number of ether oxygens (including phenoxy) is 1. The van der Waals surface area contributed by atoms with Gasteiger partial charge in [0.05, 0.1) is 5.56 Å². The molecule has 0 unspecified atom stereocenters. The van der Waals surface area contributed by atoms with Crippen molar-refractivity contribution in [3.8, 4) is 0 Å². The first-order valence-corrected chi connectivity index (χ1v) is 8.27. The quantitative estimate of drug-likeness (QED) is 0.611. The van der Waals surface area contributed by atoms with Gasteiger partial charge in [0.1, 0.15) is 12.4 Å². The van der Waals surface area contributed by atoms with Crippen LogP contribution in [0.25, 0.3) is 0 Å². The topological polar surface area (TPSA) is 72.5 Å². The Morgan fingerprint density at radius 2 is 1.73 bits per heavy atom. The average Bonchev–Trinajstić information content (AvgIpc) is 2.66. The van der Waals surface area contributed by atoms with Gasteiger partial charge in [-0.15, -0.1) is 0 Å². The molecule has 2 aromatic rings. The summed E-state index contributed by atoms with van der Waals surface area (Å²) in [5, 5.41) is 2.27. The fraction of sp³-hybridized carbons (Fsp3) is 0.250. The maximum absolute atomic E-state index is 13.5. The molecule has 6 heteroatoms. The fourth-order valence-corrected chi connectivity index (χ4v) is 2.32. The van der Waals surface area contributed by atoms with Gasteiger partial charge < -0.3 is 10.1 Å². The van der Waals surface area contributed by atoms with Crippen molar-refractivity contribution in [2.75, 3.05) is 6.54 Å². The monoisotopic (exact) mass is 357 g/mol. The third-order valence-electron chi connectivity index (χ3n) is 3.84. The summed E-state index contributed by atoms with van der Waals surface area (Å²) in [5.41, 5.74) is 1.38. The Hall–Kier alpha value is -3.02. The number of amides is 1. The van der Waals surface area contributed by atoms with Gasteiger partial charge in [-0.3, -0.25) is 14.4 Å². The van der Waals surface area contributed by atoms with Crippen molar-refractivity contribution >= 4 is 17.7 Å². The molecule has 0 bridgehead atoms. The summed E-state index contributed by atoms with van der Waals surface area (Å²) < 4.78 is 18.5. The molecule has 2 rings (SSSR count). The number of Topliss-reactive ketones (excluding diaryl/α,β-unsaturated/α-hetero) is 1. The lowest BCUT2D eigenvalue weighted by molar-refractivity contribution is -0.145. The Morgan fingerprint density at radius 3 is 2.35 bits per heavy atom. The molecule has 26 heavy (non-hydrogen) atoms. The van der Waals surface area contributed by atoms with E-state index < -0.39 is 30.3 Å². The van der Waals surface area contributed by atoms with Crippen LogP contribution in [0.2, 0.25) is 0 Å². The number of nitrogens with one attached hydrogen (secondary N) is 1. The van der Waals surface area contributed by atoms with E-state index in [9.17, 15) is 18.8 Å². The van der Waals surface area contributed by atoms with Crippen LogP contribution in [0.1, 0.15) is 40.1 Å². The van der Waals surface area contributed by atoms with Crippen molar-refractivity contribution in [3.05, 3.63) is 71.0 Å². The highest BCUT2D eigenvalue weighted by Gasteiger charge is 2.20. The van der Waals surface area contributed by atoms with Gasteiger partial charge in [0.15, 0.2) is 6.10 Å². The van der Waals surface area contributed by atoms with E-state index in [1.807, 2.05) is 19.1 Å². The number of carbonyl (C=O) groups excluding carboxylic acids is 3. The molecule has 0 heterocycles. The first-order chi connectivity index (χ1) is 12.4. The van der Waals surface area contributed by atoms with E-state index >= 15 is 0 Å². The summed E-state index contributed by atoms with van der Waals surface area (Å²) in [5.74, 6) is -2.52. The number of hydrogen-bond donors (Lipinski definition) is 1. The minimum absolute atomic E-state index is 0.166. The number of hydrogen-bond acceptors (Lipinski definition) is 4. The Labute approximate surface area is 151 Å². The first kappa shape index (κ1) is 19.3. The zero-order valence-corrected chi connectivity index (χ0v) is 14.6. The molecule has 2 aromatic carbocycles. The summed E-state index contributed by atoms with van der Waals surface area (Å²) in [7, 11) is 0. The lowest BCUT2D eigenvalue weighted by Gasteiger charge is -2.13. The van der Waals surface area contributed by atoms with E-state index in [4.69, 9.17) is 4.74 Å². The lowest BCUT2D eigenvalue weighted by Crippen LogP contribution is -2.34. The largest absolute Gasteiger partial charge is 0.453 e. The van der Waals surface area contributed by atoms with Gasteiger partial charge in [-0.05, 0) is 31.0 Å². The number of halogens is 1. The van der Waals surface area contributed by atoms with E-state index in [0.717, 1.165) is 18.1 Å². The van der Waals surface area contributed by atoms with E-state index in [2.05, 4.69) is 5.32 Å². The number of esters is 1. The van der Waals surface area contributed by atoms with E-state index in [-0.39, 0.29) is 11.3 Å². The van der Waals surface area contributed by atoms with Gasteiger partial charge in [0, 0.05) is 5.56 Å².